The largest absolute Gasteiger partial charge is 0.266 e. The Labute approximate surface area is 113 Å². The molecular formula is C11H18ClN3O2S. The minimum absolute atomic E-state index is 0.145. The summed E-state index contributed by atoms with van der Waals surface area (Å²) in [6.45, 7) is 3.31. The average Bonchev–Trinajstić information content (AvgIpc) is 2.72. The quantitative estimate of drug-likeness (QED) is 0.866. The van der Waals surface area contributed by atoms with Gasteiger partial charge >= 0.3 is 0 Å². The highest BCUT2D eigenvalue weighted by Crippen LogP contribution is 2.24. The van der Waals surface area contributed by atoms with Crippen LogP contribution in [0.5, 0.6) is 0 Å². The van der Waals surface area contributed by atoms with E-state index in [2.05, 4.69) is 17.1 Å². The summed E-state index contributed by atoms with van der Waals surface area (Å²) in [4.78, 5) is 0. The highest BCUT2D eigenvalue weighted by Gasteiger charge is 2.29. The first-order valence-electron chi connectivity index (χ1n) is 6.14. The molecule has 7 heteroatoms. The minimum atomic E-state index is -3.48. The summed E-state index contributed by atoms with van der Waals surface area (Å²) < 4.78 is 26.5. The van der Waals surface area contributed by atoms with Crippen LogP contribution in [-0.2, 0) is 15.9 Å². The predicted octanol–water partition coefficient (Wildman–Crippen LogP) is 1.96. The van der Waals surface area contributed by atoms with E-state index in [1.807, 2.05) is 0 Å². The van der Waals surface area contributed by atoms with Gasteiger partial charge in [0, 0.05) is 18.7 Å². The van der Waals surface area contributed by atoms with Crippen molar-refractivity contribution < 1.29 is 8.42 Å². The Morgan fingerprint density at radius 2 is 2.28 bits per heavy atom. The topological polar surface area (TPSA) is 66.1 Å². The molecule has 1 N–H and O–H groups in total. The molecule has 1 aliphatic rings. The van der Waals surface area contributed by atoms with E-state index in [-0.39, 0.29) is 10.9 Å². The highest BCUT2D eigenvalue weighted by molar-refractivity contribution is 7.89. The van der Waals surface area contributed by atoms with Crippen molar-refractivity contribution in [3.8, 4) is 0 Å². The van der Waals surface area contributed by atoms with E-state index in [0.717, 1.165) is 19.3 Å². The Hall–Kier alpha value is -0.590. The Kier molecular flexibility index (Phi) is 4.29. The number of halogens is 1. The summed E-state index contributed by atoms with van der Waals surface area (Å²) in [7, 11) is -3.48. The molecule has 0 amide bonds. The molecule has 0 saturated carbocycles. The first kappa shape index (κ1) is 13.8. The SMILES string of the molecule is CC1CCCN(S(=O)(=O)c2[nH]ncc2CCl)CC1. The van der Waals surface area contributed by atoms with Crippen LogP contribution in [0.3, 0.4) is 0 Å². The molecule has 1 saturated heterocycles. The van der Waals surface area contributed by atoms with Gasteiger partial charge in [-0.05, 0) is 25.2 Å². The maximum atomic E-state index is 12.5. The van der Waals surface area contributed by atoms with E-state index in [0.29, 0.717) is 24.6 Å². The van der Waals surface area contributed by atoms with Crippen molar-refractivity contribution in [2.75, 3.05) is 13.1 Å². The number of nitrogens with zero attached hydrogens (tertiary/aromatic N) is 2. The summed E-state index contributed by atoms with van der Waals surface area (Å²) in [6, 6.07) is 0. The first-order valence-corrected chi connectivity index (χ1v) is 8.11. The minimum Gasteiger partial charge on any atom is -0.266 e. The van der Waals surface area contributed by atoms with Gasteiger partial charge < -0.3 is 0 Å². The summed E-state index contributed by atoms with van der Waals surface area (Å²) in [5, 5.41) is 6.48. The fourth-order valence-electron chi connectivity index (χ4n) is 2.22. The van der Waals surface area contributed by atoms with Gasteiger partial charge in [-0.1, -0.05) is 6.92 Å². The molecule has 1 fully saturated rings. The number of alkyl halides is 1. The molecule has 0 radical (unpaired) electrons. The van der Waals surface area contributed by atoms with Crippen molar-refractivity contribution in [1.29, 1.82) is 0 Å². The molecule has 0 spiro atoms. The Morgan fingerprint density at radius 3 is 3.00 bits per heavy atom. The second-order valence-electron chi connectivity index (χ2n) is 4.80. The number of hydrogen-bond acceptors (Lipinski definition) is 3. The van der Waals surface area contributed by atoms with Crippen molar-refractivity contribution in [3.05, 3.63) is 11.8 Å². The van der Waals surface area contributed by atoms with Crippen LogP contribution in [0.25, 0.3) is 0 Å². The zero-order valence-corrected chi connectivity index (χ0v) is 12.0. The van der Waals surface area contributed by atoms with E-state index in [1.54, 1.807) is 4.31 Å². The molecule has 1 atom stereocenters. The molecule has 0 aromatic carbocycles. The number of hydrogen-bond donors (Lipinski definition) is 1. The van der Waals surface area contributed by atoms with Gasteiger partial charge in [-0.15, -0.1) is 11.6 Å². The zero-order chi connectivity index (χ0) is 13.2. The van der Waals surface area contributed by atoms with Gasteiger partial charge in [0.2, 0.25) is 0 Å². The lowest BCUT2D eigenvalue weighted by Crippen LogP contribution is -2.32. The van der Waals surface area contributed by atoms with E-state index < -0.39 is 10.0 Å². The first-order chi connectivity index (χ1) is 8.55. The number of H-pyrrole nitrogens is 1. The Bertz CT molecular complexity index is 500. The average molecular weight is 292 g/mol. The van der Waals surface area contributed by atoms with E-state index in [9.17, 15) is 8.42 Å². The maximum Gasteiger partial charge on any atom is 0.260 e. The van der Waals surface area contributed by atoms with Gasteiger partial charge in [0.1, 0.15) is 0 Å². The van der Waals surface area contributed by atoms with Gasteiger partial charge in [0.25, 0.3) is 10.0 Å². The molecule has 1 aromatic heterocycles. The van der Waals surface area contributed by atoms with Crippen molar-refractivity contribution in [2.24, 2.45) is 5.92 Å². The summed E-state index contributed by atoms with van der Waals surface area (Å²) in [6.07, 6.45) is 4.37. The monoisotopic (exact) mass is 291 g/mol. The molecule has 2 heterocycles. The number of aromatic amines is 1. The standard InChI is InChI=1S/C11H18ClN3O2S/c1-9-3-2-5-15(6-4-9)18(16,17)11-10(7-12)8-13-14-11/h8-9H,2-7H2,1H3,(H,13,14). The zero-order valence-electron chi connectivity index (χ0n) is 10.4. The van der Waals surface area contributed by atoms with Gasteiger partial charge in [-0.2, -0.15) is 9.40 Å². The van der Waals surface area contributed by atoms with Crippen LogP contribution >= 0.6 is 11.6 Å². The third-order valence-electron chi connectivity index (χ3n) is 3.40. The lowest BCUT2D eigenvalue weighted by Gasteiger charge is -2.19. The lowest BCUT2D eigenvalue weighted by atomic mass is 10.0. The number of nitrogens with one attached hydrogen (secondary N) is 1. The molecule has 0 aliphatic carbocycles. The molecule has 1 aliphatic heterocycles. The lowest BCUT2D eigenvalue weighted by molar-refractivity contribution is 0.414. The summed E-state index contributed by atoms with van der Waals surface area (Å²) in [5.41, 5.74) is 0.536. The van der Waals surface area contributed by atoms with Crippen molar-refractivity contribution >= 4 is 21.6 Å². The number of sulfonamides is 1. The second kappa shape index (κ2) is 5.59. The van der Waals surface area contributed by atoms with Crippen LogP contribution in [0.15, 0.2) is 11.2 Å². The van der Waals surface area contributed by atoms with Gasteiger partial charge in [0.15, 0.2) is 5.03 Å². The molecule has 5 nitrogen and oxygen atoms in total. The summed E-state index contributed by atoms with van der Waals surface area (Å²) >= 11 is 5.73. The Morgan fingerprint density at radius 1 is 1.50 bits per heavy atom. The maximum absolute atomic E-state index is 12.5. The van der Waals surface area contributed by atoms with Gasteiger partial charge in [-0.25, -0.2) is 8.42 Å². The van der Waals surface area contributed by atoms with Crippen LogP contribution in [0.4, 0.5) is 0 Å². The fourth-order valence-corrected chi connectivity index (χ4v) is 4.10. The van der Waals surface area contributed by atoms with Crippen LogP contribution in [0, 0.1) is 5.92 Å². The molecule has 2 rings (SSSR count). The van der Waals surface area contributed by atoms with Crippen LogP contribution in [0.1, 0.15) is 31.7 Å². The normalized spacial score (nSPS) is 22.9. The smallest absolute Gasteiger partial charge is 0.260 e. The van der Waals surface area contributed by atoms with Crippen molar-refractivity contribution in [2.45, 2.75) is 37.1 Å². The number of aromatic nitrogens is 2. The van der Waals surface area contributed by atoms with Crippen LogP contribution in [0.2, 0.25) is 0 Å². The van der Waals surface area contributed by atoms with Crippen molar-refractivity contribution in [1.82, 2.24) is 14.5 Å². The van der Waals surface area contributed by atoms with Crippen LogP contribution in [-0.4, -0.2) is 36.0 Å². The molecule has 1 aromatic rings. The second-order valence-corrected chi connectivity index (χ2v) is 6.94. The van der Waals surface area contributed by atoms with Gasteiger partial charge in [0.05, 0.1) is 12.1 Å². The highest BCUT2D eigenvalue weighted by atomic mass is 35.5. The van der Waals surface area contributed by atoms with E-state index >= 15 is 0 Å². The summed E-state index contributed by atoms with van der Waals surface area (Å²) in [5.74, 6) is 0.731. The fraction of sp³-hybridized carbons (Fsp3) is 0.727. The predicted molar refractivity (Wildman–Crippen MR) is 69.9 cm³/mol. The molecule has 0 bridgehead atoms. The third-order valence-corrected chi connectivity index (χ3v) is 5.60. The third kappa shape index (κ3) is 2.70. The van der Waals surface area contributed by atoms with Gasteiger partial charge in [-0.3, -0.25) is 5.10 Å². The Balaban J connectivity index is 2.25. The van der Waals surface area contributed by atoms with Crippen LogP contribution < -0.4 is 0 Å². The van der Waals surface area contributed by atoms with E-state index in [4.69, 9.17) is 11.6 Å². The van der Waals surface area contributed by atoms with E-state index in [1.165, 1.54) is 6.20 Å². The molecule has 1 unspecified atom stereocenters. The molecular weight excluding hydrogens is 274 g/mol. The molecule has 18 heavy (non-hydrogen) atoms. The van der Waals surface area contributed by atoms with Crippen molar-refractivity contribution in [3.63, 3.8) is 0 Å². The molecule has 102 valence electrons. The number of rotatable bonds is 3.